The van der Waals surface area contributed by atoms with Crippen LogP contribution in [0.4, 0.5) is 8.78 Å². The Labute approximate surface area is 153 Å². The van der Waals surface area contributed by atoms with Crippen molar-refractivity contribution in [2.24, 2.45) is 0 Å². The first kappa shape index (κ1) is 16.1. The summed E-state index contributed by atoms with van der Waals surface area (Å²) in [4.78, 5) is 12.1. The Morgan fingerprint density at radius 2 is 1.93 bits per heavy atom. The quantitative estimate of drug-likeness (QED) is 0.773. The maximum absolute atomic E-state index is 14.5. The van der Waals surface area contributed by atoms with E-state index in [1.54, 1.807) is 12.3 Å². The van der Waals surface area contributed by atoms with Gasteiger partial charge in [0.05, 0.1) is 25.5 Å². The van der Waals surface area contributed by atoms with E-state index in [2.05, 4.69) is 10.4 Å². The molecular formula is C20H15F2N3O2. The molecule has 0 radical (unpaired) electrons. The van der Waals surface area contributed by atoms with Crippen molar-refractivity contribution in [2.75, 3.05) is 13.2 Å². The summed E-state index contributed by atoms with van der Waals surface area (Å²) in [6, 6.07) is 7.21. The second kappa shape index (κ2) is 5.99. The van der Waals surface area contributed by atoms with E-state index in [1.807, 2.05) is 16.9 Å². The molecule has 1 aromatic heterocycles. The molecule has 136 valence electrons. The summed E-state index contributed by atoms with van der Waals surface area (Å²) in [6.07, 6.45) is 3.61. The summed E-state index contributed by atoms with van der Waals surface area (Å²) < 4.78 is 34.9. The van der Waals surface area contributed by atoms with Gasteiger partial charge in [0.1, 0.15) is 11.6 Å². The highest BCUT2D eigenvalue weighted by atomic mass is 19.1. The maximum Gasteiger partial charge on any atom is 0.251 e. The molecule has 27 heavy (non-hydrogen) atoms. The zero-order valence-electron chi connectivity index (χ0n) is 14.2. The lowest BCUT2D eigenvalue weighted by Gasteiger charge is -2.25. The number of benzene rings is 2. The molecule has 2 aliphatic rings. The Bertz CT molecular complexity index is 1070. The van der Waals surface area contributed by atoms with Crippen LogP contribution in [-0.2, 0) is 11.3 Å². The predicted octanol–water partition coefficient (Wildman–Crippen LogP) is 3.31. The van der Waals surface area contributed by atoms with Crippen LogP contribution in [0.3, 0.4) is 0 Å². The first-order valence-corrected chi connectivity index (χ1v) is 8.63. The minimum atomic E-state index is -0.672. The number of carbonyl (C=O) groups is 1. The fourth-order valence-electron chi connectivity index (χ4n) is 3.50. The Kier molecular flexibility index (Phi) is 3.58. The molecule has 0 bridgehead atoms. The normalized spacial score (nSPS) is 16.1. The van der Waals surface area contributed by atoms with Crippen molar-refractivity contribution in [3.63, 3.8) is 0 Å². The van der Waals surface area contributed by atoms with Crippen LogP contribution in [-0.4, -0.2) is 28.9 Å². The fraction of sp³-hybridized carbons (Fsp3) is 0.200. The van der Waals surface area contributed by atoms with Gasteiger partial charge >= 0.3 is 0 Å². The van der Waals surface area contributed by atoms with E-state index in [-0.39, 0.29) is 17.5 Å². The highest BCUT2D eigenvalue weighted by Gasteiger charge is 2.25. The van der Waals surface area contributed by atoms with Crippen LogP contribution in [0.2, 0.25) is 0 Å². The third kappa shape index (κ3) is 2.62. The van der Waals surface area contributed by atoms with E-state index in [1.165, 1.54) is 12.1 Å². The van der Waals surface area contributed by atoms with Crippen LogP contribution < -0.4 is 5.32 Å². The number of ether oxygens (including phenoxy) is 1. The standard InChI is InChI=1S/C20H15F2N3O2/c21-13-1-2-15(19(22)4-13)18-5-17-11(6-23-20(17)26)3-16(18)12-7-24-25(8-12)14-9-27-10-14/h1-5,7-8,14H,6,9-10H2,(H,23,26). The van der Waals surface area contributed by atoms with E-state index in [9.17, 15) is 13.6 Å². The second-order valence-corrected chi connectivity index (χ2v) is 6.76. The molecule has 0 aliphatic carbocycles. The summed E-state index contributed by atoms with van der Waals surface area (Å²) in [5.41, 5.74) is 3.70. The molecule has 2 aromatic carbocycles. The molecule has 3 aromatic rings. The molecule has 0 atom stereocenters. The number of aromatic nitrogens is 2. The lowest BCUT2D eigenvalue weighted by Crippen LogP contribution is -2.30. The van der Waals surface area contributed by atoms with Crippen LogP contribution in [0.1, 0.15) is 22.0 Å². The lowest BCUT2D eigenvalue weighted by atomic mass is 9.91. The van der Waals surface area contributed by atoms with Crippen LogP contribution in [0.5, 0.6) is 0 Å². The summed E-state index contributed by atoms with van der Waals surface area (Å²) in [5, 5.41) is 7.17. The molecule has 1 fully saturated rings. The van der Waals surface area contributed by atoms with Crippen LogP contribution in [0.15, 0.2) is 42.7 Å². The zero-order chi connectivity index (χ0) is 18.5. The van der Waals surface area contributed by atoms with Gasteiger partial charge in [-0.3, -0.25) is 9.48 Å². The summed E-state index contributed by atoms with van der Waals surface area (Å²) in [5.74, 6) is -1.51. The Morgan fingerprint density at radius 1 is 1.07 bits per heavy atom. The van der Waals surface area contributed by atoms with Gasteiger partial charge in [-0.1, -0.05) is 0 Å². The molecule has 1 N–H and O–H groups in total. The van der Waals surface area contributed by atoms with Crippen LogP contribution >= 0.6 is 0 Å². The van der Waals surface area contributed by atoms with E-state index in [0.29, 0.717) is 30.9 Å². The Hall–Kier alpha value is -3.06. The number of rotatable bonds is 3. The third-order valence-electron chi connectivity index (χ3n) is 5.06. The van der Waals surface area contributed by atoms with Gasteiger partial charge in [-0.05, 0) is 41.0 Å². The minimum Gasteiger partial charge on any atom is -0.377 e. The first-order valence-electron chi connectivity index (χ1n) is 8.63. The van der Waals surface area contributed by atoms with E-state index in [4.69, 9.17) is 4.74 Å². The zero-order valence-corrected chi connectivity index (χ0v) is 14.2. The van der Waals surface area contributed by atoms with Crippen molar-refractivity contribution in [1.82, 2.24) is 15.1 Å². The minimum absolute atomic E-state index is 0.192. The fourth-order valence-corrected chi connectivity index (χ4v) is 3.50. The number of carbonyl (C=O) groups excluding carboxylic acids is 1. The number of nitrogens with zero attached hydrogens (tertiary/aromatic N) is 2. The molecule has 1 amide bonds. The van der Waals surface area contributed by atoms with Gasteiger partial charge in [-0.25, -0.2) is 8.78 Å². The van der Waals surface area contributed by atoms with Crippen molar-refractivity contribution in [3.8, 4) is 22.3 Å². The van der Waals surface area contributed by atoms with Gasteiger partial charge in [0.15, 0.2) is 0 Å². The lowest BCUT2D eigenvalue weighted by molar-refractivity contribution is -0.0286. The van der Waals surface area contributed by atoms with Gasteiger partial charge in [-0.15, -0.1) is 0 Å². The molecule has 0 spiro atoms. The molecule has 5 rings (SSSR count). The SMILES string of the molecule is O=C1NCc2cc(-c3cnn(C4COC4)c3)c(-c3ccc(F)cc3F)cc21. The molecule has 2 aliphatic heterocycles. The summed E-state index contributed by atoms with van der Waals surface area (Å²) in [7, 11) is 0. The average molecular weight is 367 g/mol. The second-order valence-electron chi connectivity index (χ2n) is 6.76. The van der Waals surface area contributed by atoms with Gasteiger partial charge < -0.3 is 10.1 Å². The van der Waals surface area contributed by atoms with Crippen molar-refractivity contribution in [3.05, 3.63) is 65.5 Å². The number of hydrogen-bond donors (Lipinski definition) is 1. The van der Waals surface area contributed by atoms with Crippen molar-refractivity contribution >= 4 is 5.91 Å². The molecule has 1 saturated heterocycles. The molecular weight excluding hydrogens is 352 g/mol. The highest BCUT2D eigenvalue weighted by Crippen LogP contribution is 2.37. The van der Waals surface area contributed by atoms with Crippen LogP contribution in [0.25, 0.3) is 22.3 Å². The number of nitrogens with one attached hydrogen (secondary N) is 1. The monoisotopic (exact) mass is 367 g/mol. The van der Waals surface area contributed by atoms with Gasteiger partial charge in [0.25, 0.3) is 5.91 Å². The van der Waals surface area contributed by atoms with Crippen molar-refractivity contribution in [2.45, 2.75) is 12.6 Å². The van der Waals surface area contributed by atoms with Gasteiger partial charge in [0.2, 0.25) is 0 Å². The number of fused-ring (bicyclic) bond motifs is 1. The van der Waals surface area contributed by atoms with Gasteiger partial charge in [-0.2, -0.15) is 5.10 Å². The van der Waals surface area contributed by atoms with Gasteiger partial charge in [0, 0.05) is 35.5 Å². The number of amides is 1. The predicted molar refractivity (Wildman–Crippen MR) is 94.0 cm³/mol. The highest BCUT2D eigenvalue weighted by molar-refractivity contribution is 6.01. The average Bonchev–Trinajstić information content (AvgIpc) is 3.20. The maximum atomic E-state index is 14.5. The first-order chi connectivity index (χ1) is 13.1. The van der Waals surface area contributed by atoms with Crippen LogP contribution in [0, 0.1) is 11.6 Å². The molecule has 7 heteroatoms. The molecule has 5 nitrogen and oxygen atoms in total. The van der Waals surface area contributed by atoms with E-state index in [0.717, 1.165) is 22.8 Å². The molecule has 3 heterocycles. The molecule has 0 unspecified atom stereocenters. The topological polar surface area (TPSA) is 56.2 Å². The number of halogens is 2. The summed E-state index contributed by atoms with van der Waals surface area (Å²) >= 11 is 0. The Balaban J connectivity index is 1.69. The van der Waals surface area contributed by atoms with Crippen molar-refractivity contribution in [1.29, 1.82) is 0 Å². The number of hydrogen-bond acceptors (Lipinski definition) is 3. The third-order valence-corrected chi connectivity index (χ3v) is 5.06. The van der Waals surface area contributed by atoms with E-state index < -0.39 is 11.6 Å². The summed E-state index contributed by atoms with van der Waals surface area (Å²) in [6.45, 7) is 1.66. The molecule has 0 saturated carbocycles. The van der Waals surface area contributed by atoms with E-state index >= 15 is 0 Å². The smallest absolute Gasteiger partial charge is 0.251 e. The van der Waals surface area contributed by atoms with Crippen molar-refractivity contribution < 1.29 is 18.3 Å². The largest absolute Gasteiger partial charge is 0.377 e. The Morgan fingerprint density at radius 3 is 2.67 bits per heavy atom.